The number of hydroxylamine groups is 1. The van der Waals surface area contributed by atoms with Crippen molar-refractivity contribution in [2.45, 2.75) is 13.0 Å². The Morgan fingerprint density at radius 1 is 1.13 bits per heavy atom. The second-order valence-corrected chi connectivity index (χ2v) is 7.23. The highest BCUT2D eigenvalue weighted by Crippen LogP contribution is 2.30. The summed E-state index contributed by atoms with van der Waals surface area (Å²) in [6, 6.07) is 16.0. The number of amides is 2. The average Bonchev–Trinajstić information content (AvgIpc) is 3.21. The van der Waals surface area contributed by atoms with Crippen LogP contribution in [-0.4, -0.2) is 41.1 Å². The fourth-order valence-electron chi connectivity index (χ4n) is 3.60. The summed E-state index contributed by atoms with van der Waals surface area (Å²) in [5.74, 6) is -0.0394. The summed E-state index contributed by atoms with van der Waals surface area (Å²) in [5, 5.41) is 15.6. The number of carbonyl (C=O) groups is 2. The molecule has 1 aliphatic heterocycles. The predicted octanol–water partition coefficient (Wildman–Crippen LogP) is 2.16. The van der Waals surface area contributed by atoms with Gasteiger partial charge in [0.2, 0.25) is 5.91 Å². The summed E-state index contributed by atoms with van der Waals surface area (Å²) >= 11 is 0. The SMILES string of the molecule is Cc1cc(Oc2ccc(C(=O)N[C@@H]3CNC[C@@H]3C(=O)NO)cc2)c2ccccc2n1. The first-order valence-electron chi connectivity index (χ1n) is 9.65. The number of nitrogens with one attached hydrogen (secondary N) is 3. The Labute approximate surface area is 173 Å². The van der Waals surface area contributed by atoms with Crippen LogP contribution in [0.15, 0.2) is 54.6 Å². The van der Waals surface area contributed by atoms with E-state index in [9.17, 15) is 9.59 Å². The number of fused-ring (bicyclic) bond motifs is 1. The van der Waals surface area contributed by atoms with Gasteiger partial charge in [-0.15, -0.1) is 0 Å². The van der Waals surface area contributed by atoms with Crippen molar-refractivity contribution in [3.05, 3.63) is 65.9 Å². The molecule has 8 heteroatoms. The second-order valence-electron chi connectivity index (χ2n) is 7.23. The summed E-state index contributed by atoms with van der Waals surface area (Å²) in [4.78, 5) is 28.8. The van der Waals surface area contributed by atoms with E-state index in [1.807, 2.05) is 37.3 Å². The third kappa shape index (κ3) is 4.10. The van der Waals surface area contributed by atoms with E-state index in [2.05, 4.69) is 15.6 Å². The van der Waals surface area contributed by atoms with Crippen LogP contribution in [0.2, 0.25) is 0 Å². The van der Waals surface area contributed by atoms with Crippen LogP contribution in [0.3, 0.4) is 0 Å². The number of pyridine rings is 1. The van der Waals surface area contributed by atoms with Gasteiger partial charge in [0, 0.05) is 35.8 Å². The largest absolute Gasteiger partial charge is 0.457 e. The van der Waals surface area contributed by atoms with E-state index in [-0.39, 0.29) is 5.91 Å². The van der Waals surface area contributed by atoms with E-state index in [1.165, 1.54) is 0 Å². The lowest BCUT2D eigenvalue weighted by Crippen LogP contribution is -2.45. The quantitative estimate of drug-likeness (QED) is 0.382. The molecule has 154 valence electrons. The number of nitrogens with zero attached hydrogens (tertiary/aromatic N) is 1. The van der Waals surface area contributed by atoms with Gasteiger partial charge in [0.25, 0.3) is 5.91 Å². The van der Waals surface area contributed by atoms with Gasteiger partial charge in [-0.25, -0.2) is 5.48 Å². The maximum Gasteiger partial charge on any atom is 0.251 e. The van der Waals surface area contributed by atoms with Crippen molar-refractivity contribution < 1.29 is 19.5 Å². The third-order valence-electron chi connectivity index (χ3n) is 5.13. The number of carbonyl (C=O) groups excluding carboxylic acids is 2. The third-order valence-corrected chi connectivity index (χ3v) is 5.13. The van der Waals surface area contributed by atoms with E-state index in [0.717, 1.165) is 16.6 Å². The van der Waals surface area contributed by atoms with Crippen LogP contribution in [0.5, 0.6) is 11.5 Å². The number of hydrogen-bond acceptors (Lipinski definition) is 6. The Kier molecular flexibility index (Phi) is 5.60. The van der Waals surface area contributed by atoms with E-state index in [4.69, 9.17) is 9.94 Å². The van der Waals surface area contributed by atoms with Gasteiger partial charge in [-0.2, -0.15) is 0 Å². The molecule has 0 unspecified atom stereocenters. The molecule has 1 aliphatic rings. The Bertz CT molecular complexity index is 1080. The molecule has 2 aromatic carbocycles. The maximum atomic E-state index is 12.6. The van der Waals surface area contributed by atoms with Crippen LogP contribution < -0.4 is 20.9 Å². The monoisotopic (exact) mass is 406 g/mol. The van der Waals surface area contributed by atoms with Gasteiger partial charge in [-0.3, -0.25) is 19.8 Å². The van der Waals surface area contributed by atoms with Crippen LogP contribution >= 0.6 is 0 Å². The van der Waals surface area contributed by atoms with Crippen molar-refractivity contribution in [1.29, 1.82) is 0 Å². The van der Waals surface area contributed by atoms with Gasteiger partial charge < -0.3 is 15.4 Å². The highest BCUT2D eigenvalue weighted by atomic mass is 16.5. The summed E-state index contributed by atoms with van der Waals surface area (Å²) in [5.41, 5.74) is 3.81. The Hall–Kier alpha value is -3.49. The van der Waals surface area contributed by atoms with Crippen molar-refractivity contribution in [1.82, 2.24) is 21.1 Å². The number of para-hydroxylation sites is 1. The fourth-order valence-corrected chi connectivity index (χ4v) is 3.60. The minimum atomic E-state index is -0.523. The summed E-state index contributed by atoms with van der Waals surface area (Å²) in [7, 11) is 0. The molecule has 2 heterocycles. The molecule has 0 aliphatic carbocycles. The molecule has 0 spiro atoms. The second kappa shape index (κ2) is 8.48. The highest BCUT2D eigenvalue weighted by molar-refractivity contribution is 5.95. The van der Waals surface area contributed by atoms with E-state index >= 15 is 0 Å². The number of rotatable bonds is 5. The molecule has 2 atom stereocenters. The molecule has 0 radical (unpaired) electrons. The zero-order valence-electron chi connectivity index (χ0n) is 16.4. The van der Waals surface area contributed by atoms with Gasteiger partial charge in [-0.1, -0.05) is 12.1 Å². The molecule has 8 nitrogen and oxygen atoms in total. The van der Waals surface area contributed by atoms with Gasteiger partial charge in [0.1, 0.15) is 11.5 Å². The molecule has 1 fully saturated rings. The number of aromatic nitrogens is 1. The molecule has 4 N–H and O–H groups in total. The Balaban J connectivity index is 1.47. The van der Waals surface area contributed by atoms with Crippen molar-refractivity contribution in [2.24, 2.45) is 5.92 Å². The summed E-state index contributed by atoms with van der Waals surface area (Å²) < 4.78 is 6.04. The molecule has 0 saturated carbocycles. The zero-order chi connectivity index (χ0) is 21.1. The molecular formula is C22H22N4O4. The minimum absolute atomic E-state index is 0.295. The molecule has 2 amide bonds. The number of ether oxygens (including phenoxy) is 1. The van der Waals surface area contributed by atoms with E-state index in [1.54, 1.807) is 29.7 Å². The van der Waals surface area contributed by atoms with Crippen LogP contribution in [-0.2, 0) is 4.79 Å². The summed E-state index contributed by atoms with van der Waals surface area (Å²) in [6.45, 7) is 2.76. The molecule has 1 aromatic heterocycles. The number of benzene rings is 2. The molecular weight excluding hydrogens is 384 g/mol. The van der Waals surface area contributed by atoms with Crippen molar-refractivity contribution >= 4 is 22.7 Å². The standard InChI is InChI=1S/C22H22N4O4/c1-13-10-20(16-4-2-3-5-18(16)24-13)30-15-8-6-14(7-9-15)21(27)25-19-12-23-11-17(19)22(28)26-29/h2-10,17,19,23,29H,11-12H2,1H3,(H,25,27)(H,26,28)/t17-,19+/m0/s1. The first kappa shape index (κ1) is 19.8. The lowest BCUT2D eigenvalue weighted by molar-refractivity contribution is -0.133. The summed E-state index contributed by atoms with van der Waals surface area (Å²) in [6.07, 6.45) is 0. The van der Waals surface area contributed by atoms with E-state index < -0.39 is 17.9 Å². The molecule has 4 rings (SSSR count). The first-order valence-corrected chi connectivity index (χ1v) is 9.65. The highest BCUT2D eigenvalue weighted by Gasteiger charge is 2.34. The number of hydrogen-bond donors (Lipinski definition) is 4. The smallest absolute Gasteiger partial charge is 0.251 e. The maximum absolute atomic E-state index is 12.6. The van der Waals surface area contributed by atoms with Crippen LogP contribution in [0.4, 0.5) is 0 Å². The van der Waals surface area contributed by atoms with Crippen molar-refractivity contribution in [3.63, 3.8) is 0 Å². The molecule has 3 aromatic rings. The lowest BCUT2D eigenvalue weighted by atomic mass is 10.0. The van der Waals surface area contributed by atoms with Crippen LogP contribution in [0.25, 0.3) is 10.9 Å². The van der Waals surface area contributed by atoms with E-state index in [0.29, 0.717) is 30.2 Å². The molecule has 1 saturated heterocycles. The Morgan fingerprint density at radius 2 is 1.90 bits per heavy atom. The number of aryl methyl sites for hydroxylation is 1. The van der Waals surface area contributed by atoms with Gasteiger partial charge in [0.15, 0.2) is 0 Å². The van der Waals surface area contributed by atoms with Gasteiger partial charge >= 0.3 is 0 Å². The minimum Gasteiger partial charge on any atom is -0.457 e. The van der Waals surface area contributed by atoms with Gasteiger partial charge in [-0.05, 0) is 43.3 Å². The fraction of sp³-hybridized carbons (Fsp3) is 0.227. The topological polar surface area (TPSA) is 113 Å². The van der Waals surface area contributed by atoms with Crippen molar-refractivity contribution in [3.8, 4) is 11.5 Å². The predicted molar refractivity (Wildman–Crippen MR) is 111 cm³/mol. The van der Waals surface area contributed by atoms with Crippen molar-refractivity contribution in [2.75, 3.05) is 13.1 Å². The normalized spacial score (nSPS) is 18.2. The van der Waals surface area contributed by atoms with Crippen LogP contribution in [0.1, 0.15) is 16.1 Å². The molecule has 0 bridgehead atoms. The Morgan fingerprint density at radius 3 is 2.67 bits per heavy atom. The molecule has 30 heavy (non-hydrogen) atoms. The van der Waals surface area contributed by atoms with Gasteiger partial charge in [0.05, 0.1) is 17.5 Å². The van der Waals surface area contributed by atoms with Crippen LogP contribution in [0, 0.1) is 12.8 Å². The zero-order valence-corrected chi connectivity index (χ0v) is 16.4. The first-order chi connectivity index (χ1) is 14.5. The average molecular weight is 406 g/mol. The lowest BCUT2D eigenvalue weighted by Gasteiger charge is -2.18.